The van der Waals surface area contributed by atoms with Crippen molar-refractivity contribution in [1.29, 1.82) is 0 Å². The molecule has 128 valence electrons. The van der Waals surface area contributed by atoms with Crippen LogP contribution in [0.25, 0.3) is 0 Å². The van der Waals surface area contributed by atoms with Crippen molar-refractivity contribution < 1.29 is 15.3 Å². The minimum Gasteiger partial charge on any atom is -0.395 e. The lowest BCUT2D eigenvalue weighted by Crippen LogP contribution is -2.45. The molecule has 5 N–H and O–H groups in total. The summed E-state index contributed by atoms with van der Waals surface area (Å²) >= 11 is 0. The minimum atomic E-state index is -1.02. The molecule has 0 amide bonds. The molecule has 0 fully saturated rings. The Morgan fingerprint density at radius 1 is 0.762 bits per heavy atom. The molecule has 0 radical (unpaired) electrons. The van der Waals surface area contributed by atoms with E-state index in [1.165, 1.54) is 57.8 Å². The van der Waals surface area contributed by atoms with Crippen LogP contribution in [0.5, 0.6) is 0 Å². The number of hydrogen-bond donors (Lipinski definition) is 4. The lowest BCUT2D eigenvalue weighted by molar-refractivity contribution is -0.0121. The average Bonchev–Trinajstić information content (AvgIpc) is 2.50. The van der Waals surface area contributed by atoms with Gasteiger partial charge in [-0.05, 0) is 6.42 Å². The van der Waals surface area contributed by atoms with Crippen LogP contribution in [-0.4, -0.2) is 40.2 Å². The molecule has 0 aromatic rings. The van der Waals surface area contributed by atoms with Crippen LogP contribution in [0.2, 0.25) is 0 Å². The number of hydrogen-bond acceptors (Lipinski definition) is 4. The molecule has 0 bridgehead atoms. The van der Waals surface area contributed by atoms with Gasteiger partial charge in [-0.1, -0.05) is 77.6 Å². The molecule has 0 spiro atoms. The first-order valence-corrected chi connectivity index (χ1v) is 8.86. The first-order valence-electron chi connectivity index (χ1n) is 8.86. The molecule has 21 heavy (non-hydrogen) atoms. The molecule has 0 aromatic carbocycles. The molecule has 0 saturated carbocycles. The van der Waals surface area contributed by atoms with Crippen molar-refractivity contribution in [2.24, 2.45) is 5.73 Å². The third kappa shape index (κ3) is 12.1. The fraction of sp³-hybridized carbons (Fsp3) is 1.00. The Balaban J connectivity index is 3.28. The van der Waals surface area contributed by atoms with Crippen molar-refractivity contribution in [3.8, 4) is 0 Å². The zero-order valence-electron chi connectivity index (χ0n) is 13.8. The Morgan fingerprint density at radius 2 is 1.19 bits per heavy atom. The van der Waals surface area contributed by atoms with E-state index in [9.17, 15) is 10.2 Å². The maximum absolute atomic E-state index is 9.72. The molecule has 0 aliphatic heterocycles. The van der Waals surface area contributed by atoms with Crippen molar-refractivity contribution >= 4 is 0 Å². The van der Waals surface area contributed by atoms with Crippen molar-refractivity contribution in [2.45, 2.75) is 102 Å². The highest BCUT2D eigenvalue weighted by atomic mass is 16.3. The number of aliphatic hydroxyl groups is 3. The predicted octanol–water partition coefficient (Wildman–Crippen LogP) is 2.73. The zero-order chi connectivity index (χ0) is 15.9. The first kappa shape index (κ1) is 20.8. The Bertz CT molecular complexity index is 214. The van der Waals surface area contributed by atoms with Crippen molar-refractivity contribution in [2.75, 3.05) is 6.61 Å². The SMILES string of the molecule is CCCCCCCCCCCCC[C@@H](O)[C@@H](O)[C@@H](N)CO. The summed E-state index contributed by atoms with van der Waals surface area (Å²) in [6, 6.07) is -0.743. The molecule has 3 atom stereocenters. The van der Waals surface area contributed by atoms with E-state index in [1.807, 2.05) is 0 Å². The summed E-state index contributed by atoms with van der Waals surface area (Å²) in [6.07, 6.45) is 12.7. The van der Waals surface area contributed by atoms with E-state index >= 15 is 0 Å². The van der Waals surface area contributed by atoms with Crippen LogP contribution in [0.4, 0.5) is 0 Å². The van der Waals surface area contributed by atoms with Crippen LogP contribution < -0.4 is 5.73 Å². The van der Waals surface area contributed by atoms with Gasteiger partial charge < -0.3 is 21.1 Å². The monoisotopic (exact) mass is 303 g/mol. The molecule has 0 rings (SSSR count). The van der Waals surface area contributed by atoms with E-state index in [4.69, 9.17) is 10.8 Å². The summed E-state index contributed by atoms with van der Waals surface area (Å²) in [4.78, 5) is 0. The van der Waals surface area contributed by atoms with Gasteiger partial charge >= 0.3 is 0 Å². The minimum absolute atomic E-state index is 0.295. The van der Waals surface area contributed by atoms with Crippen molar-refractivity contribution in [3.05, 3.63) is 0 Å². The number of unbranched alkanes of at least 4 members (excludes halogenated alkanes) is 10. The second-order valence-corrected chi connectivity index (χ2v) is 6.23. The largest absolute Gasteiger partial charge is 0.395 e. The van der Waals surface area contributed by atoms with Gasteiger partial charge in [0.15, 0.2) is 0 Å². The second kappa shape index (κ2) is 14.8. The maximum atomic E-state index is 9.72. The van der Waals surface area contributed by atoms with E-state index < -0.39 is 18.2 Å². The van der Waals surface area contributed by atoms with Crippen LogP contribution in [0.15, 0.2) is 0 Å². The highest BCUT2D eigenvalue weighted by Gasteiger charge is 2.22. The highest BCUT2D eigenvalue weighted by Crippen LogP contribution is 2.13. The maximum Gasteiger partial charge on any atom is 0.0971 e. The molecule has 4 heteroatoms. The lowest BCUT2D eigenvalue weighted by Gasteiger charge is -2.22. The van der Waals surface area contributed by atoms with Gasteiger partial charge in [0.2, 0.25) is 0 Å². The van der Waals surface area contributed by atoms with Crippen LogP contribution in [0.3, 0.4) is 0 Å². The van der Waals surface area contributed by atoms with Crippen LogP contribution >= 0.6 is 0 Å². The predicted molar refractivity (Wildman–Crippen MR) is 88.2 cm³/mol. The van der Waals surface area contributed by atoms with Crippen LogP contribution in [0.1, 0.15) is 84.0 Å². The van der Waals surface area contributed by atoms with Gasteiger partial charge in [-0.2, -0.15) is 0 Å². The van der Waals surface area contributed by atoms with Gasteiger partial charge in [0.25, 0.3) is 0 Å². The van der Waals surface area contributed by atoms with E-state index in [-0.39, 0.29) is 6.61 Å². The molecule has 4 nitrogen and oxygen atoms in total. The van der Waals surface area contributed by atoms with Gasteiger partial charge in [0.1, 0.15) is 0 Å². The molecule has 0 heterocycles. The van der Waals surface area contributed by atoms with Crippen molar-refractivity contribution in [1.82, 2.24) is 0 Å². The smallest absolute Gasteiger partial charge is 0.0971 e. The summed E-state index contributed by atoms with van der Waals surface area (Å²) < 4.78 is 0. The Hall–Kier alpha value is -0.160. The normalized spacial score (nSPS) is 15.9. The number of rotatable bonds is 15. The molecular formula is C17H37NO3. The van der Waals surface area contributed by atoms with E-state index in [2.05, 4.69) is 6.92 Å². The fourth-order valence-electron chi connectivity index (χ4n) is 2.58. The van der Waals surface area contributed by atoms with Crippen LogP contribution in [0, 0.1) is 0 Å². The number of nitrogens with two attached hydrogens (primary N) is 1. The second-order valence-electron chi connectivity index (χ2n) is 6.23. The zero-order valence-corrected chi connectivity index (χ0v) is 13.8. The third-order valence-electron chi connectivity index (χ3n) is 4.15. The molecule has 0 unspecified atom stereocenters. The fourth-order valence-corrected chi connectivity index (χ4v) is 2.58. The van der Waals surface area contributed by atoms with Gasteiger partial charge in [-0.15, -0.1) is 0 Å². The first-order chi connectivity index (χ1) is 10.1. The quantitative estimate of drug-likeness (QED) is 0.350. The van der Waals surface area contributed by atoms with E-state index in [0.29, 0.717) is 6.42 Å². The third-order valence-corrected chi connectivity index (χ3v) is 4.15. The molecule has 0 aliphatic rings. The van der Waals surface area contributed by atoms with Crippen LogP contribution in [-0.2, 0) is 0 Å². The van der Waals surface area contributed by atoms with Gasteiger partial charge in [-0.25, -0.2) is 0 Å². The summed E-state index contributed by atoms with van der Waals surface area (Å²) in [5.74, 6) is 0. The standard InChI is InChI=1S/C17H37NO3/c1-2-3-4-5-6-7-8-9-10-11-12-13-16(20)17(21)15(18)14-19/h15-17,19-21H,2-14,18H2,1H3/t15-,16+,17-/m0/s1. The summed E-state index contributed by atoms with van der Waals surface area (Å²) in [5.41, 5.74) is 5.49. The molecule has 0 saturated heterocycles. The molecular weight excluding hydrogens is 266 g/mol. The van der Waals surface area contributed by atoms with Crippen molar-refractivity contribution in [3.63, 3.8) is 0 Å². The lowest BCUT2D eigenvalue weighted by atomic mass is 10.00. The number of aliphatic hydroxyl groups excluding tert-OH is 3. The van der Waals surface area contributed by atoms with E-state index in [1.54, 1.807) is 0 Å². The summed E-state index contributed by atoms with van der Waals surface area (Å²) in [7, 11) is 0. The average molecular weight is 303 g/mol. The van der Waals surface area contributed by atoms with Gasteiger partial charge in [0.05, 0.1) is 24.9 Å². The Labute approximate surface area is 130 Å². The van der Waals surface area contributed by atoms with Gasteiger partial charge in [0, 0.05) is 0 Å². The summed E-state index contributed by atoms with van der Waals surface area (Å²) in [6.45, 7) is 1.95. The molecule has 0 aliphatic carbocycles. The Morgan fingerprint density at radius 3 is 1.62 bits per heavy atom. The molecule has 0 aromatic heterocycles. The Kier molecular flexibility index (Phi) is 14.7. The van der Waals surface area contributed by atoms with E-state index in [0.717, 1.165) is 12.8 Å². The summed E-state index contributed by atoms with van der Waals surface area (Å²) in [5, 5.41) is 28.2. The van der Waals surface area contributed by atoms with Gasteiger partial charge in [-0.3, -0.25) is 0 Å². The topological polar surface area (TPSA) is 86.7 Å². The highest BCUT2D eigenvalue weighted by molar-refractivity contribution is 4.77.